The third-order valence-electron chi connectivity index (χ3n) is 4.57. The van der Waals surface area contributed by atoms with Gasteiger partial charge in [-0.2, -0.15) is 0 Å². The fourth-order valence-corrected chi connectivity index (χ4v) is 3.83. The lowest BCUT2D eigenvalue weighted by atomic mass is 10.1. The van der Waals surface area contributed by atoms with Gasteiger partial charge in [0.25, 0.3) is 0 Å². The van der Waals surface area contributed by atoms with Gasteiger partial charge in [0, 0.05) is 31.3 Å². The summed E-state index contributed by atoms with van der Waals surface area (Å²) in [6.07, 6.45) is 3.33. The normalized spacial score (nSPS) is 11.1. The third kappa shape index (κ3) is 4.83. The lowest BCUT2D eigenvalue weighted by Gasteiger charge is -2.03. The van der Waals surface area contributed by atoms with Crippen molar-refractivity contribution in [3.8, 4) is 0 Å². The molecule has 0 saturated carbocycles. The second kappa shape index (κ2) is 8.91. The maximum atomic E-state index is 12.2. The summed E-state index contributed by atoms with van der Waals surface area (Å²) in [4.78, 5) is 20.1. The first-order valence-corrected chi connectivity index (χ1v) is 10.4. The molecule has 0 atom stereocenters. The molecule has 0 bridgehead atoms. The molecule has 3 aromatic heterocycles. The van der Waals surface area contributed by atoms with Crippen LogP contribution < -0.4 is 5.32 Å². The molecule has 2 N–H and O–H groups in total. The fraction of sp³-hybridized carbons (Fsp3) is 0.238. The van der Waals surface area contributed by atoms with E-state index in [1.54, 1.807) is 0 Å². The number of carbonyl (C=O) groups excluding carboxylic acids is 1. The molecule has 0 aliphatic carbocycles. The maximum absolute atomic E-state index is 12.2. The number of carbonyl (C=O) groups is 1. The number of nitrogens with zero attached hydrogens (tertiary/aromatic N) is 4. The Morgan fingerprint density at radius 1 is 1.14 bits per heavy atom. The van der Waals surface area contributed by atoms with Crippen LogP contribution in [0.3, 0.4) is 0 Å². The van der Waals surface area contributed by atoms with Crippen molar-refractivity contribution in [3.05, 3.63) is 77.5 Å². The zero-order valence-electron chi connectivity index (χ0n) is 16.1. The van der Waals surface area contributed by atoms with Crippen molar-refractivity contribution in [1.29, 1.82) is 0 Å². The van der Waals surface area contributed by atoms with Gasteiger partial charge < -0.3 is 10.3 Å². The summed E-state index contributed by atoms with van der Waals surface area (Å²) in [6.45, 7) is 2.53. The van der Waals surface area contributed by atoms with Crippen molar-refractivity contribution >= 4 is 23.3 Å². The monoisotopic (exact) mass is 406 g/mol. The predicted octanol–water partition coefficient (Wildman–Crippen LogP) is 2.80. The van der Waals surface area contributed by atoms with Crippen LogP contribution in [0.4, 0.5) is 0 Å². The Hall–Kier alpha value is -3.13. The predicted molar refractivity (Wildman–Crippen MR) is 113 cm³/mol. The van der Waals surface area contributed by atoms with E-state index in [0.717, 1.165) is 34.4 Å². The van der Waals surface area contributed by atoms with Crippen LogP contribution >= 0.6 is 11.8 Å². The standard InChI is InChI=1S/C21H22N6OS/c1-15-17(13-16-7-3-2-4-8-16)24-21(23-15)29-14-20(28)22-11-10-19-26-25-18-9-5-6-12-27(18)19/h2-9,12H,10-11,13-14H2,1H3,(H,22,28)(H,23,24). The molecule has 3 heterocycles. The number of aromatic nitrogens is 5. The quantitative estimate of drug-likeness (QED) is 0.439. The zero-order chi connectivity index (χ0) is 20.1. The van der Waals surface area contributed by atoms with Crippen molar-refractivity contribution < 1.29 is 4.79 Å². The number of hydrogen-bond acceptors (Lipinski definition) is 5. The summed E-state index contributed by atoms with van der Waals surface area (Å²) in [5.41, 5.74) is 4.08. The molecule has 29 heavy (non-hydrogen) atoms. The average Bonchev–Trinajstić information content (AvgIpc) is 3.31. The van der Waals surface area contributed by atoms with Crippen LogP contribution in [-0.2, 0) is 17.6 Å². The number of benzene rings is 1. The molecule has 0 aliphatic heterocycles. The molecule has 8 heteroatoms. The topological polar surface area (TPSA) is 88.0 Å². The number of aromatic amines is 1. The summed E-state index contributed by atoms with van der Waals surface area (Å²) in [6, 6.07) is 16.0. The molecule has 0 fully saturated rings. The largest absolute Gasteiger partial charge is 0.355 e. The summed E-state index contributed by atoms with van der Waals surface area (Å²) in [5.74, 6) is 1.13. The average molecular weight is 407 g/mol. The van der Waals surface area contributed by atoms with E-state index in [1.807, 2.05) is 53.9 Å². The highest BCUT2D eigenvalue weighted by atomic mass is 32.2. The van der Waals surface area contributed by atoms with Gasteiger partial charge in [0.15, 0.2) is 10.8 Å². The van der Waals surface area contributed by atoms with Gasteiger partial charge in [-0.3, -0.25) is 9.20 Å². The molecule has 1 amide bonds. The van der Waals surface area contributed by atoms with Gasteiger partial charge in [-0.25, -0.2) is 4.98 Å². The van der Waals surface area contributed by atoms with Crippen LogP contribution in [0, 0.1) is 6.92 Å². The first kappa shape index (κ1) is 19.2. The Morgan fingerprint density at radius 3 is 2.83 bits per heavy atom. The van der Waals surface area contributed by atoms with Crippen LogP contribution in [0.25, 0.3) is 5.65 Å². The molecule has 0 unspecified atom stereocenters. The van der Waals surface area contributed by atoms with E-state index in [4.69, 9.17) is 0 Å². The summed E-state index contributed by atoms with van der Waals surface area (Å²) >= 11 is 1.41. The van der Waals surface area contributed by atoms with E-state index in [1.165, 1.54) is 17.3 Å². The van der Waals surface area contributed by atoms with E-state index in [0.29, 0.717) is 18.7 Å². The van der Waals surface area contributed by atoms with Gasteiger partial charge in [0.1, 0.15) is 5.82 Å². The highest BCUT2D eigenvalue weighted by Crippen LogP contribution is 2.18. The Morgan fingerprint density at radius 2 is 1.97 bits per heavy atom. The SMILES string of the molecule is Cc1[nH]c(SCC(=O)NCCc2nnc3ccccn23)nc1Cc1ccccc1. The van der Waals surface area contributed by atoms with Crippen molar-refractivity contribution in [2.75, 3.05) is 12.3 Å². The van der Waals surface area contributed by atoms with E-state index >= 15 is 0 Å². The third-order valence-corrected chi connectivity index (χ3v) is 5.45. The molecule has 4 rings (SSSR count). The van der Waals surface area contributed by atoms with Gasteiger partial charge in [-0.1, -0.05) is 48.2 Å². The Bertz CT molecular complexity index is 1100. The number of nitrogens with one attached hydrogen (secondary N) is 2. The minimum absolute atomic E-state index is 0.0255. The van der Waals surface area contributed by atoms with Gasteiger partial charge in [0.05, 0.1) is 11.4 Å². The fourth-order valence-electron chi connectivity index (χ4n) is 3.06. The molecular weight excluding hydrogens is 384 g/mol. The van der Waals surface area contributed by atoms with Gasteiger partial charge >= 0.3 is 0 Å². The van der Waals surface area contributed by atoms with Crippen LogP contribution in [0.5, 0.6) is 0 Å². The number of hydrogen-bond donors (Lipinski definition) is 2. The number of thioether (sulfide) groups is 1. The molecule has 0 radical (unpaired) electrons. The minimum atomic E-state index is -0.0255. The van der Waals surface area contributed by atoms with Crippen LogP contribution in [0.15, 0.2) is 59.9 Å². The number of H-pyrrole nitrogens is 1. The minimum Gasteiger partial charge on any atom is -0.355 e. The molecule has 0 aliphatic rings. The molecule has 0 spiro atoms. The Labute approximate surface area is 173 Å². The highest BCUT2D eigenvalue weighted by Gasteiger charge is 2.11. The molecular formula is C21H22N6OS. The zero-order valence-corrected chi connectivity index (χ0v) is 16.9. The number of rotatable bonds is 8. The van der Waals surface area contributed by atoms with E-state index in [9.17, 15) is 4.79 Å². The second-order valence-corrected chi connectivity index (χ2v) is 7.67. The van der Waals surface area contributed by atoms with Crippen molar-refractivity contribution in [2.24, 2.45) is 0 Å². The molecule has 0 saturated heterocycles. The number of pyridine rings is 1. The lowest BCUT2D eigenvalue weighted by molar-refractivity contribution is -0.118. The molecule has 7 nitrogen and oxygen atoms in total. The van der Waals surface area contributed by atoms with Crippen LogP contribution in [0.1, 0.15) is 22.8 Å². The second-order valence-electron chi connectivity index (χ2n) is 6.71. The molecule has 1 aromatic carbocycles. The number of imidazole rings is 1. The van der Waals surface area contributed by atoms with E-state index in [-0.39, 0.29) is 5.91 Å². The van der Waals surface area contributed by atoms with Gasteiger partial charge in [-0.15, -0.1) is 10.2 Å². The van der Waals surface area contributed by atoms with Crippen molar-refractivity contribution in [1.82, 2.24) is 29.9 Å². The summed E-state index contributed by atoms with van der Waals surface area (Å²) in [5, 5.41) is 12.0. The van der Waals surface area contributed by atoms with E-state index < -0.39 is 0 Å². The number of amides is 1. The Kier molecular flexibility index (Phi) is 5.90. The summed E-state index contributed by atoms with van der Waals surface area (Å²) in [7, 11) is 0. The summed E-state index contributed by atoms with van der Waals surface area (Å²) < 4.78 is 1.93. The van der Waals surface area contributed by atoms with Crippen LogP contribution in [0.2, 0.25) is 0 Å². The number of aryl methyl sites for hydroxylation is 1. The first-order valence-electron chi connectivity index (χ1n) is 9.46. The number of fused-ring (bicyclic) bond motifs is 1. The highest BCUT2D eigenvalue weighted by molar-refractivity contribution is 7.99. The molecule has 4 aromatic rings. The lowest BCUT2D eigenvalue weighted by Crippen LogP contribution is -2.27. The maximum Gasteiger partial charge on any atom is 0.230 e. The van der Waals surface area contributed by atoms with Gasteiger partial charge in [-0.05, 0) is 24.6 Å². The van der Waals surface area contributed by atoms with Gasteiger partial charge in [0.2, 0.25) is 5.91 Å². The smallest absolute Gasteiger partial charge is 0.230 e. The van der Waals surface area contributed by atoms with E-state index in [2.05, 4.69) is 37.6 Å². The van der Waals surface area contributed by atoms with Crippen molar-refractivity contribution in [2.45, 2.75) is 24.9 Å². The van der Waals surface area contributed by atoms with Crippen LogP contribution in [-0.4, -0.2) is 42.8 Å². The first-order chi connectivity index (χ1) is 14.2. The molecule has 148 valence electrons. The van der Waals surface area contributed by atoms with Crippen molar-refractivity contribution in [3.63, 3.8) is 0 Å². The Balaban J connectivity index is 1.25.